The van der Waals surface area contributed by atoms with E-state index in [1.165, 1.54) is 0 Å². The van der Waals surface area contributed by atoms with E-state index < -0.39 is 12.1 Å². The summed E-state index contributed by atoms with van der Waals surface area (Å²) in [6, 6.07) is 20.6. The van der Waals surface area contributed by atoms with Gasteiger partial charge in [-0.2, -0.15) is 0 Å². The number of amides is 4. The molecule has 4 amide bonds. The standard InChI is InChI=1S/C31H32N4O6/c1-20-7-10-23-15-27(20)40-19-28(36)32-16-21-8-11-24(12-9-21)41-26-13-14-35(18-25(26)34-31(23)39)29(37)17-33-30(38)22-5-3-2-4-6-22/h2-12,15,25-26H,13-14,16-19H2,1H3,(H,32,36)(H,33,38)(H,34,39)/t25-,26-/m0/s1. The summed E-state index contributed by atoms with van der Waals surface area (Å²) < 4.78 is 12.0. The summed E-state index contributed by atoms with van der Waals surface area (Å²) in [5.41, 5.74) is 2.52. The van der Waals surface area contributed by atoms with Crippen LogP contribution in [0, 0.1) is 6.92 Å². The predicted molar refractivity (Wildman–Crippen MR) is 151 cm³/mol. The third-order valence-electron chi connectivity index (χ3n) is 7.16. The van der Waals surface area contributed by atoms with Crippen LogP contribution in [0.5, 0.6) is 11.5 Å². The Morgan fingerprint density at radius 2 is 1.80 bits per heavy atom. The lowest BCUT2D eigenvalue weighted by Crippen LogP contribution is -2.59. The van der Waals surface area contributed by atoms with Crippen LogP contribution in [-0.4, -0.2) is 66.9 Å². The van der Waals surface area contributed by atoms with Crippen molar-refractivity contribution >= 4 is 23.6 Å². The molecule has 0 saturated carbocycles. The lowest BCUT2D eigenvalue weighted by Gasteiger charge is -2.39. The Kier molecular flexibility index (Phi) is 8.47. The second-order valence-corrected chi connectivity index (χ2v) is 10.1. The highest BCUT2D eigenvalue weighted by Gasteiger charge is 2.34. The van der Waals surface area contributed by atoms with Crippen molar-refractivity contribution in [3.8, 4) is 11.5 Å². The van der Waals surface area contributed by atoms with Gasteiger partial charge in [0.25, 0.3) is 17.7 Å². The predicted octanol–water partition coefficient (Wildman–Crippen LogP) is 2.21. The average molecular weight is 557 g/mol. The number of rotatable bonds is 3. The summed E-state index contributed by atoms with van der Waals surface area (Å²) in [5.74, 6) is -0.168. The van der Waals surface area contributed by atoms with E-state index in [0.717, 1.165) is 11.1 Å². The zero-order valence-electron chi connectivity index (χ0n) is 22.7. The molecule has 0 spiro atoms. The molecular formula is C31H32N4O6. The Labute approximate surface area is 238 Å². The Morgan fingerprint density at radius 3 is 2.59 bits per heavy atom. The highest BCUT2D eigenvalue weighted by atomic mass is 16.5. The molecule has 4 bridgehead atoms. The SMILES string of the molecule is Cc1ccc2cc1OCC(=O)NCc1ccc(cc1)O[C@H]1CCN(C(=O)CNC(=O)c3ccccc3)C[C@@H]1NC2=O. The summed E-state index contributed by atoms with van der Waals surface area (Å²) in [4.78, 5) is 52.8. The van der Waals surface area contributed by atoms with Crippen LogP contribution in [-0.2, 0) is 16.1 Å². The number of hydrogen-bond acceptors (Lipinski definition) is 6. The summed E-state index contributed by atoms with van der Waals surface area (Å²) in [6.45, 7) is 2.45. The topological polar surface area (TPSA) is 126 Å². The summed E-state index contributed by atoms with van der Waals surface area (Å²) in [7, 11) is 0. The molecule has 3 N–H and O–H groups in total. The maximum atomic E-state index is 13.4. The van der Waals surface area contributed by atoms with Crippen LogP contribution in [0.3, 0.4) is 0 Å². The van der Waals surface area contributed by atoms with Gasteiger partial charge in [0, 0.05) is 37.2 Å². The molecule has 41 heavy (non-hydrogen) atoms. The Bertz CT molecular complexity index is 1430. The number of carbonyl (C=O) groups excluding carboxylic acids is 4. The Balaban J connectivity index is 1.34. The minimum Gasteiger partial charge on any atom is -0.488 e. The smallest absolute Gasteiger partial charge is 0.258 e. The number of piperidine rings is 1. The van der Waals surface area contributed by atoms with Gasteiger partial charge in [0.1, 0.15) is 17.6 Å². The number of benzene rings is 3. The molecule has 0 aliphatic carbocycles. The average Bonchev–Trinajstić information content (AvgIpc) is 2.99. The largest absolute Gasteiger partial charge is 0.488 e. The normalized spacial score (nSPS) is 19.0. The molecule has 3 aliphatic rings. The molecule has 1 fully saturated rings. The first-order valence-corrected chi connectivity index (χ1v) is 13.5. The maximum absolute atomic E-state index is 13.4. The number of nitrogens with zero attached hydrogens (tertiary/aromatic N) is 1. The van der Waals surface area contributed by atoms with Crippen LogP contribution in [0.25, 0.3) is 0 Å². The van der Waals surface area contributed by atoms with Crippen molar-refractivity contribution in [2.24, 2.45) is 0 Å². The van der Waals surface area contributed by atoms with Crippen LogP contribution in [0.15, 0.2) is 72.8 Å². The van der Waals surface area contributed by atoms with Gasteiger partial charge < -0.3 is 30.3 Å². The lowest BCUT2D eigenvalue weighted by molar-refractivity contribution is -0.132. The zero-order chi connectivity index (χ0) is 28.8. The molecule has 2 atom stereocenters. The molecule has 3 heterocycles. The number of nitrogens with one attached hydrogen (secondary N) is 3. The minimum atomic E-state index is -0.519. The second kappa shape index (κ2) is 12.5. The summed E-state index contributed by atoms with van der Waals surface area (Å²) in [6.07, 6.45) is 0.0768. The summed E-state index contributed by atoms with van der Waals surface area (Å²) in [5, 5.41) is 8.54. The third kappa shape index (κ3) is 7.02. The van der Waals surface area contributed by atoms with E-state index in [2.05, 4.69) is 16.0 Å². The first-order valence-electron chi connectivity index (χ1n) is 13.5. The van der Waals surface area contributed by atoms with E-state index >= 15 is 0 Å². The fourth-order valence-corrected chi connectivity index (χ4v) is 4.80. The van der Waals surface area contributed by atoms with Crippen LogP contribution < -0.4 is 25.4 Å². The number of fused-ring (bicyclic) bond motifs is 7. The van der Waals surface area contributed by atoms with Crippen molar-refractivity contribution < 1.29 is 28.7 Å². The van der Waals surface area contributed by atoms with Gasteiger partial charge in [-0.1, -0.05) is 36.4 Å². The number of carbonyl (C=O) groups is 4. The minimum absolute atomic E-state index is 0.160. The molecule has 6 rings (SSSR count). The number of ether oxygens (including phenoxy) is 2. The molecule has 0 unspecified atom stereocenters. The molecule has 10 nitrogen and oxygen atoms in total. The van der Waals surface area contributed by atoms with E-state index in [0.29, 0.717) is 42.1 Å². The molecule has 0 radical (unpaired) electrons. The summed E-state index contributed by atoms with van der Waals surface area (Å²) >= 11 is 0. The Morgan fingerprint density at radius 1 is 1.02 bits per heavy atom. The second-order valence-electron chi connectivity index (χ2n) is 10.1. The van der Waals surface area contributed by atoms with Crippen molar-refractivity contribution in [3.05, 3.63) is 95.1 Å². The molecule has 0 aromatic heterocycles. The Hall–Kier alpha value is -4.86. The number of likely N-dealkylation sites (tertiary alicyclic amines) is 1. The van der Waals surface area contributed by atoms with Gasteiger partial charge in [-0.15, -0.1) is 0 Å². The third-order valence-corrected chi connectivity index (χ3v) is 7.16. The maximum Gasteiger partial charge on any atom is 0.258 e. The molecular weight excluding hydrogens is 524 g/mol. The van der Waals surface area contributed by atoms with E-state index in [1.807, 2.05) is 37.3 Å². The van der Waals surface area contributed by atoms with Gasteiger partial charge in [-0.25, -0.2) is 0 Å². The van der Waals surface area contributed by atoms with Crippen molar-refractivity contribution in [1.29, 1.82) is 0 Å². The van der Waals surface area contributed by atoms with Gasteiger partial charge >= 0.3 is 0 Å². The molecule has 1 saturated heterocycles. The molecule has 10 heteroatoms. The number of hydrogen-bond donors (Lipinski definition) is 3. The first kappa shape index (κ1) is 27.7. The van der Waals surface area contributed by atoms with Crippen molar-refractivity contribution in [2.45, 2.75) is 32.0 Å². The van der Waals surface area contributed by atoms with Crippen molar-refractivity contribution in [2.75, 3.05) is 26.2 Å². The van der Waals surface area contributed by atoms with Gasteiger partial charge in [-0.05, 0) is 54.4 Å². The van der Waals surface area contributed by atoms with Crippen LogP contribution in [0.1, 0.15) is 38.3 Å². The monoisotopic (exact) mass is 556 g/mol. The van der Waals surface area contributed by atoms with Gasteiger partial charge in [0.05, 0.1) is 12.6 Å². The van der Waals surface area contributed by atoms with Crippen molar-refractivity contribution in [1.82, 2.24) is 20.9 Å². The molecule has 3 aromatic rings. The van der Waals surface area contributed by atoms with E-state index in [9.17, 15) is 19.2 Å². The molecule has 3 aliphatic heterocycles. The van der Waals surface area contributed by atoms with Crippen molar-refractivity contribution in [3.63, 3.8) is 0 Å². The van der Waals surface area contributed by atoms with Crippen LogP contribution in [0.2, 0.25) is 0 Å². The van der Waals surface area contributed by atoms with E-state index in [1.54, 1.807) is 47.4 Å². The fraction of sp³-hybridized carbons (Fsp3) is 0.290. The molecule has 3 aromatic carbocycles. The van der Waals surface area contributed by atoms with Crippen LogP contribution >= 0.6 is 0 Å². The number of aryl methyl sites for hydroxylation is 1. The van der Waals surface area contributed by atoms with Gasteiger partial charge in [0.2, 0.25) is 5.91 Å². The highest BCUT2D eigenvalue weighted by molar-refractivity contribution is 5.96. The first-order chi connectivity index (χ1) is 19.9. The van der Waals surface area contributed by atoms with E-state index in [4.69, 9.17) is 9.47 Å². The van der Waals surface area contributed by atoms with Gasteiger partial charge in [0.15, 0.2) is 6.61 Å². The lowest BCUT2D eigenvalue weighted by atomic mass is 10.0. The highest BCUT2D eigenvalue weighted by Crippen LogP contribution is 2.23. The van der Waals surface area contributed by atoms with Crippen LogP contribution in [0.4, 0.5) is 0 Å². The molecule has 212 valence electrons. The fourth-order valence-electron chi connectivity index (χ4n) is 4.80. The van der Waals surface area contributed by atoms with E-state index in [-0.39, 0.29) is 43.3 Å². The van der Waals surface area contributed by atoms with Gasteiger partial charge in [-0.3, -0.25) is 19.2 Å². The quantitative estimate of drug-likeness (QED) is 0.454. The zero-order valence-corrected chi connectivity index (χ0v) is 22.7.